The molecule has 128 valence electrons. The molecule has 1 saturated carbocycles. The van der Waals surface area contributed by atoms with Crippen LogP contribution in [0.15, 0.2) is 36.4 Å². The molecule has 0 spiro atoms. The molecular formula is C20H22N4O. The highest BCUT2D eigenvalue weighted by molar-refractivity contribution is 6.07. The second kappa shape index (κ2) is 5.99. The number of amides is 1. The van der Waals surface area contributed by atoms with Gasteiger partial charge in [-0.15, -0.1) is 0 Å². The van der Waals surface area contributed by atoms with E-state index < -0.39 is 0 Å². The van der Waals surface area contributed by atoms with Crippen LogP contribution in [-0.4, -0.2) is 26.7 Å². The van der Waals surface area contributed by atoms with Gasteiger partial charge in [-0.2, -0.15) is 5.10 Å². The van der Waals surface area contributed by atoms with Crippen LogP contribution >= 0.6 is 0 Å². The van der Waals surface area contributed by atoms with Gasteiger partial charge < -0.3 is 5.32 Å². The van der Waals surface area contributed by atoms with Crippen molar-refractivity contribution in [2.24, 2.45) is 13.0 Å². The zero-order chi connectivity index (χ0) is 17.6. The van der Waals surface area contributed by atoms with Gasteiger partial charge in [0.2, 0.25) is 0 Å². The van der Waals surface area contributed by atoms with Gasteiger partial charge in [-0.05, 0) is 38.7 Å². The van der Waals surface area contributed by atoms with E-state index in [1.807, 2.05) is 50.4 Å². The maximum absolute atomic E-state index is 13.0. The summed E-state index contributed by atoms with van der Waals surface area (Å²) in [7, 11) is 1.87. The Morgan fingerprint density at radius 2 is 2.00 bits per heavy atom. The number of rotatable bonds is 4. The summed E-state index contributed by atoms with van der Waals surface area (Å²) < 4.78 is 1.75. The molecule has 2 aromatic heterocycles. The van der Waals surface area contributed by atoms with E-state index in [0.717, 1.165) is 28.0 Å². The molecule has 1 aliphatic carbocycles. The van der Waals surface area contributed by atoms with Gasteiger partial charge in [0, 0.05) is 18.7 Å². The van der Waals surface area contributed by atoms with Gasteiger partial charge in [0.25, 0.3) is 5.91 Å². The van der Waals surface area contributed by atoms with Gasteiger partial charge in [0.1, 0.15) is 0 Å². The van der Waals surface area contributed by atoms with Crippen LogP contribution in [0.4, 0.5) is 0 Å². The molecule has 0 radical (unpaired) electrons. The first-order valence-electron chi connectivity index (χ1n) is 8.75. The maximum Gasteiger partial charge on any atom is 0.252 e. The van der Waals surface area contributed by atoms with Crippen LogP contribution in [0.25, 0.3) is 22.3 Å². The van der Waals surface area contributed by atoms with Crippen molar-refractivity contribution >= 4 is 16.9 Å². The number of aryl methyl sites for hydroxylation is 2. The van der Waals surface area contributed by atoms with Crippen LogP contribution < -0.4 is 5.32 Å². The lowest BCUT2D eigenvalue weighted by Gasteiger charge is -2.14. The molecule has 0 bridgehead atoms. The minimum Gasteiger partial charge on any atom is -0.349 e. The van der Waals surface area contributed by atoms with Gasteiger partial charge in [-0.1, -0.05) is 30.3 Å². The number of benzene rings is 1. The van der Waals surface area contributed by atoms with Crippen molar-refractivity contribution in [2.75, 3.05) is 0 Å². The molecule has 1 atom stereocenters. The monoisotopic (exact) mass is 334 g/mol. The lowest BCUT2D eigenvalue weighted by atomic mass is 10.0. The van der Waals surface area contributed by atoms with Gasteiger partial charge in [0.05, 0.1) is 22.3 Å². The van der Waals surface area contributed by atoms with Crippen molar-refractivity contribution in [2.45, 2.75) is 32.7 Å². The first-order chi connectivity index (χ1) is 12.0. The van der Waals surface area contributed by atoms with E-state index in [0.29, 0.717) is 11.5 Å². The number of aromatic nitrogens is 3. The second-order valence-electron chi connectivity index (χ2n) is 6.93. The number of nitrogens with zero attached hydrogens (tertiary/aromatic N) is 3. The molecule has 1 unspecified atom stereocenters. The predicted octanol–water partition coefficient (Wildman–Crippen LogP) is 3.47. The number of hydrogen-bond donors (Lipinski definition) is 1. The molecule has 3 aromatic rings. The van der Waals surface area contributed by atoms with Crippen molar-refractivity contribution in [3.05, 3.63) is 47.7 Å². The summed E-state index contributed by atoms with van der Waals surface area (Å²) in [6.45, 7) is 4.01. The molecule has 1 aromatic carbocycles. The Balaban J connectivity index is 1.84. The fraction of sp³-hybridized carbons (Fsp3) is 0.350. The van der Waals surface area contributed by atoms with Crippen molar-refractivity contribution in [1.29, 1.82) is 0 Å². The van der Waals surface area contributed by atoms with E-state index in [9.17, 15) is 4.79 Å². The molecule has 4 rings (SSSR count). The Kier molecular flexibility index (Phi) is 3.79. The number of pyridine rings is 1. The number of carbonyl (C=O) groups excluding carboxylic acids is 1. The van der Waals surface area contributed by atoms with Gasteiger partial charge in [-0.3, -0.25) is 9.48 Å². The lowest BCUT2D eigenvalue weighted by molar-refractivity contribution is 0.0937. The average Bonchev–Trinajstić information content (AvgIpc) is 3.42. The Hall–Kier alpha value is -2.69. The maximum atomic E-state index is 13.0. The first kappa shape index (κ1) is 15.8. The van der Waals surface area contributed by atoms with Gasteiger partial charge >= 0.3 is 0 Å². The summed E-state index contributed by atoms with van der Waals surface area (Å²) in [6.07, 6.45) is 2.41. The largest absolute Gasteiger partial charge is 0.349 e. The zero-order valence-corrected chi connectivity index (χ0v) is 14.8. The number of hydrogen-bond acceptors (Lipinski definition) is 3. The van der Waals surface area contributed by atoms with E-state index in [2.05, 4.69) is 17.3 Å². The van der Waals surface area contributed by atoms with E-state index in [4.69, 9.17) is 4.98 Å². The van der Waals surface area contributed by atoms with Crippen LogP contribution in [0.2, 0.25) is 0 Å². The molecule has 0 saturated heterocycles. The zero-order valence-electron chi connectivity index (χ0n) is 14.8. The predicted molar refractivity (Wildman–Crippen MR) is 98.3 cm³/mol. The molecule has 5 nitrogen and oxygen atoms in total. The van der Waals surface area contributed by atoms with Crippen LogP contribution in [0.3, 0.4) is 0 Å². The Morgan fingerprint density at radius 3 is 2.68 bits per heavy atom. The highest BCUT2D eigenvalue weighted by atomic mass is 16.1. The van der Waals surface area contributed by atoms with Crippen molar-refractivity contribution in [3.63, 3.8) is 0 Å². The molecule has 1 fully saturated rings. The molecule has 1 N–H and O–H groups in total. The fourth-order valence-corrected chi connectivity index (χ4v) is 3.38. The van der Waals surface area contributed by atoms with Crippen LogP contribution in [0.5, 0.6) is 0 Å². The highest BCUT2D eigenvalue weighted by Gasteiger charge is 2.30. The van der Waals surface area contributed by atoms with Crippen LogP contribution in [0.1, 0.15) is 35.8 Å². The quantitative estimate of drug-likeness (QED) is 0.795. The smallest absolute Gasteiger partial charge is 0.252 e. The van der Waals surface area contributed by atoms with E-state index in [1.165, 1.54) is 12.8 Å². The summed E-state index contributed by atoms with van der Waals surface area (Å²) >= 11 is 0. The van der Waals surface area contributed by atoms with Gasteiger partial charge in [0.15, 0.2) is 5.65 Å². The second-order valence-corrected chi connectivity index (χ2v) is 6.93. The molecule has 1 aliphatic rings. The molecular weight excluding hydrogens is 312 g/mol. The third-order valence-corrected chi connectivity index (χ3v) is 4.97. The normalized spacial score (nSPS) is 15.3. The van der Waals surface area contributed by atoms with E-state index in [-0.39, 0.29) is 11.9 Å². The number of fused-ring (bicyclic) bond motifs is 1. The van der Waals surface area contributed by atoms with E-state index in [1.54, 1.807) is 4.68 Å². The topological polar surface area (TPSA) is 59.8 Å². The standard InChI is InChI=1S/C20H22N4O/c1-12(14-9-10-14)21-20(25)16-11-17(15-7-5-4-6-8-15)22-19-18(16)13(2)23-24(19)3/h4-8,11-12,14H,9-10H2,1-3H3,(H,21,25). The van der Waals surface area contributed by atoms with Crippen molar-refractivity contribution < 1.29 is 4.79 Å². The third kappa shape index (κ3) is 2.90. The SMILES string of the molecule is Cc1nn(C)c2nc(-c3ccccc3)cc(C(=O)NC(C)C3CC3)c12. The van der Waals surface area contributed by atoms with Crippen molar-refractivity contribution in [3.8, 4) is 11.3 Å². The lowest BCUT2D eigenvalue weighted by Crippen LogP contribution is -2.34. The molecule has 25 heavy (non-hydrogen) atoms. The highest BCUT2D eigenvalue weighted by Crippen LogP contribution is 2.33. The Bertz CT molecular complexity index is 941. The van der Waals surface area contributed by atoms with E-state index >= 15 is 0 Å². The van der Waals surface area contributed by atoms with Gasteiger partial charge in [-0.25, -0.2) is 4.98 Å². The number of carbonyl (C=O) groups is 1. The summed E-state index contributed by atoms with van der Waals surface area (Å²) in [5, 5.41) is 8.47. The molecule has 1 amide bonds. The minimum atomic E-state index is -0.0416. The molecule has 5 heteroatoms. The Labute approximate surface area is 147 Å². The summed E-state index contributed by atoms with van der Waals surface area (Å²) in [5.41, 5.74) is 4.01. The first-order valence-corrected chi connectivity index (χ1v) is 8.75. The van der Waals surface area contributed by atoms with Crippen LogP contribution in [0, 0.1) is 12.8 Å². The average molecular weight is 334 g/mol. The van der Waals surface area contributed by atoms with Crippen molar-refractivity contribution in [1.82, 2.24) is 20.1 Å². The number of nitrogens with one attached hydrogen (secondary N) is 1. The summed E-state index contributed by atoms with van der Waals surface area (Å²) in [4.78, 5) is 17.7. The summed E-state index contributed by atoms with van der Waals surface area (Å²) in [6, 6.07) is 12.0. The van der Waals surface area contributed by atoms with Crippen LogP contribution in [-0.2, 0) is 7.05 Å². The minimum absolute atomic E-state index is 0.0416. The fourth-order valence-electron chi connectivity index (χ4n) is 3.38. The molecule has 0 aliphatic heterocycles. The third-order valence-electron chi connectivity index (χ3n) is 4.97. The summed E-state index contributed by atoms with van der Waals surface area (Å²) in [5.74, 6) is 0.574. The molecule has 2 heterocycles. The Morgan fingerprint density at radius 1 is 1.28 bits per heavy atom.